The standard InChI is InChI=1S/C14H22N2O2/c1-10(9-17)8-16-14(18)11(2)13(15)12-6-4-3-5-7-12/h3-7,10-11,13,17H,8-9,15H2,1-2H3,(H,16,18). The van der Waals surface area contributed by atoms with E-state index in [2.05, 4.69) is 5.32 Å². The van der Waals surface area contributed by atoms with Crippen molar-refractivity contribution in [2.24, 2.45) is 17.6 Å². The number of carbonyl (C=O) groups is 1. The van der Waals surface area contributed by atoms with Crippen LogP contribution in [-0.2, 0) is 4.79 Å². The molecule has 0 radical (unpaired) electrons. The second kappa shape index (κ2) is 7.13. The molecule has 0 spiro atoms. The molecule has 18 heavy (non-hydrogen) atoms. The number of rotatable bonds is 6. The average Bonchev–Trinajstić information content (AvgIpc) is 2.43. The molecule has 1 rings (SSSR count). The van der Waals surface area contributed by atoms with Gasteiger partial charge in [-0.05, 0) is 11.5 Å². The summed E-state index contributed by atoms with van der Waals surface area (Å²) < 4.78 is 0. The van der Waals surface area contributed by atoms with Crippen LogP contribution in [0.4, 0.5) is 0 Å². The maximum absolute atomic E-state index is 11.9. The van der Waals surface area contributed by atoms with Gasteiger partial charge in [-0.2, -0.15) is 0 Å². The molecule has 4 N–H and O–H groups in total. The van der Waals surface area contributed by atoms with E-state index < -0.39 is 0 Å². The van der Waals surface area contributed by atoms with Crippen molar-refractivity contribution in [1.29, 1.82) is 0 Å². The summed E-state index contributed by atoms with van der Waals surface area (Å²) in [5.41, 5.74) is 7.02. The SMILES string of the molecule is CC(CO)CNC(=O)C(C)C(N)c1ccccc1. The fourth-order valence-electron chi connectivity index (χ4n) is 1.63. The molecule has 100 valence electrons. The third-order valence-corrected chi connectivity index (χ3v) is 3.07. The lowest BCUT2D eigenvalue weighted by Gasteiger charge is -2.20. The lowest BCUT2D eigenvalue weighted by molar-refractivity contribution is -0.125. The number of amides is 1. The Hall–Kier alpha value is -1.39. The summed E-state index contributed by atoms with van der Waals surface area (Å²) in [6, 6.07) is 9.27. The molecule has 0 saturated heterocycles. The Morgan fingerprint density at radius 1 is 1.33 bits per heavy atom. The van der Waals surface area contributed by atoms with E-state index in [1.807, 2.05) is 44.2 Å². The normalized spacial score (nSPS) is 15.8. The Balaban J connectivity index is 2.53. The first-order valence-electron chi connectivity index (χ1n) is 6.25. The number of nitrogens with one attached hydrogen (secondary N) is 1. The summed E-state index contributed by atoms with van der Waals surface area (Å²) in [6.07, 6.45) is 0. The lowest BCUT2D eigenvalue weighted by atomic mass is 9.94. The molecule has 0 heterocycles. The summed E-state index contributed by atoms with van der Waals surface area (Å²) >= 11 is 0. The van der Waals surface area contributed by atoms with Crippen LogP contribution in [0.5, 0.6) is 0 Å². The van der Waals surface area contributed by atoms with Crippen molar-refractivity contribution in [2.45, 2.75) is 19.9 Å². The number of hydrogen-bond acceptors (Lipinski definition) is 3. The van der Waals surface area contributed by atoms with E-state index in [4.69, 9.17) is 10.8 Å². The molecule has 0 aromatic heterocycles. The third-order valence-electron chi connectivity index (χ3n) is 3.07. The lowest BCUT2D eigenvalue weighted by Crippen LogP contribution is -2.38. The van der Waals surface area contributed by atoms with E-state index in [-0.39, 0.29) is 30.4 Å². The van der Waals surface area contributed by atoms with Crippen LogP contribution in [0, 0.1) is 11.8 Å². The Bertz CT molecular complexity index is 367. The number of carbonyl (C=O) groups excluding carboxylic acids is 1. The molecule has 1 aromatic carbocycles. The Kier molecular flexibility index (Phi) is 5.82. The van der Waals surface area contributed by atoms with Gasteiger partial charge in [0, 0.05) is 19.2 Å². The maximum atomic E-state index is 11.9. The van der Waals surface area contributed by atoms with Crippen molar-refractivity contribution in [3.05, 3.63) is 35.9 Å². The Labute approximate surface area is 108 Å². The van der Waals surface area contributed by atoms with Gasteiger partial charge in [0.25, 0.3) is 0 Å². The van der Waals surface area contributed by atoms with E-state index in [0.29, 0.717) is 6.54 Å². The predicted molar refractivity (Wildman–Crippen MR) is 71.8 cm³/mol. The first-order valence-corrected chi connectivity index (χ1v) is 6.25. The molecule has 4 nitrogen and oxygen atoms in total. The minimum Gasteiger partial charge on any atom is -0.396 e. The second-order valence-corrected chi connectivity index (χ2v) is 4.76. The van der Waals surface area contributed by atoms with Crippen LogP contribution < -0.4 is 11.1 Å². The van der Waals surface area contributed by atoms with Crippen LogP contribution in [0.2, 0.25) is 0 Å². The number of benzene rings is 1. The van der Waals surface area contributed by atoms with Crippen LogP contribution in [-0.4, -0.2) is 24.2 Å². The van der Waals surface area contributed by atoms with Crippen LogP contribution >= 0.6 is 0 Å². The number of aliphatic hydroxyl groups is 1. The summed E-state index contributed by atoms with van der Waals surface area (Å²) in [5, 5.41) is 11.7. The van der Waals surface area contributed by atoms with Gasteiger partial charge in [0.1, 0.15) is 0 Å². The zero-order valence-corrected chi connectivity index (χ0v) is 11.0. The third kappa shape index (κ3) is 4.13. The number of aliphatic hydroxyl groups excluding tert-OH is 1. The fourth-order valence-corrected chi connectivity index (χ4v) is 1.63. The van der Waals surface area contributed by atoms with Gasteiger partial charge >= 0.3 is 0 Å². The molecule has 0 aliphatic carbocycles. The predicted octanol–water partition coefficient (Wildman–Crippen LogP) is 1.07. The summed E-state index contributed by atoms with van der Waals surface area (Å²) in [4.78, 5) is 11.9. The van der Waals surface area contributed by atoms with Gasteiger partial charge in [0.2, 0.25) is 5.91 Å². The molecular weight excluding hydrogens is 228 g/mol. The monoisotopic (exact) mass is 250 g/mol. The molecule has 1 aromatic rings. The molecule has 0 aliphatic heterocycles. The number of nitrogens with two attached hydrogens (primary N) is 1. The molecule has 0 fully saturated rings. The van der Waals surface area contributed by atoms with Gasteiger partial charge < -0.3 is 16.2 Å². The quantitative estimate of drug-likeness (QED) is 0.707. The maximum Gasteiger partial charge on any atom is 0.224 e. The van der Waals surface area contributed by atoms with Crippen LogP contribution in [0.25, 0.3) is 0 Å². The fraction of sp³-hybridized carbons (Fsp3) is 0.500. The molecule has 0 saturated carbocycles. The zero-order chi connectivity index (χ0) is 13.5. The van der Waals surface area contributed by atoms with E-state index in [0.717, 1.165) is 5.56 Å². The molecule has 4 heteroatoms. The van der Waals surface area contributed by atoms with Crippen molar-refractivity contribution in [3.8, 4) is 0 Å². The highest BCUT2D eigenvalue weighted by Crippen LogP contribution is 2.18. The van der Waals surface area contributed by atoms with E-state index in [1.54, 1.807) is 0 Å². The average molecular weight is 250 g/mol. The largest absolute Gasteiger partial charge is 0.396 e. The van der Waals surface area contributed by atoms with Crippen molar-refractivity contribution in [1.82, 2.24) is 5.32 Å². The van der Waals surface area contributed by atoms with Crippen LogP contribution in [0.3, 0.4) is 0 Å². The minimum absolute atomic E-state index is 0.0640. The van der Waals surface area contributed by atoms with Crippen molar-refractivity contribution in [3.63, 3.8) is 0 Å². The first-order chi connectivity index (χ1) is 8.56. The summed E-state index contributed by atoms with van der Waals surface area (Å²) in [7, 11) is 0. The van der Waals surface area contributed by atoms with Gasteiger partial charge in [-0.3, -0.25) is 4.79 Å². The highest BCUT2D eigenvalue weighted by molar-refractivity contribution is 5.79. The Morgan fingerprint density at radius 2 is 1.94 bits per heavy atom. The van der Waals surface area contributed by atoms with E-state index in [1.165, 1.54) is 0 Å². The van der Waals surface area contributed by atoms with E-state index >= 15 is 0 Å². The summed E-state index contributed by atoms with van der Waals surface area (Å²) in [6.45, 7) is 4.24. The topological polar surface area (TPSA) is 75.3 Å². The first kappa shape index (κ1) is 14.7. The Morgan fingerprint density at radius 3 is 2.50 bits per heavy atom. The molecule has 3 atom stereocenters. The van der Waals surface area contributed by atoms with Crippen LogP contribution in [0.1, 0.15) is 25.5 Å². The summed E-state index contributed by atoms with van der Waals surface area (Å²) in [5.74, 6) is -0.306. The second-order valence-electron chi connectivity index (χ2n) is 4.76. The van der Waals surface area contributed by atoms with Gasteiger partial charge in [-0.25, -0.2) is 0 Å². The van der Waals surface area contributed by atoms with Gasteiger partial charge in [-0.1, -0.05) is 44.2 Å². The highest BCUT2D eigenvalue weighted by Gasteiger charge is 2.21. The van der Waals surface area contributed by atoms with Crippen molar-refractivity contribution < 1.29 is 9.90 Å². The minimum atomic E-state index is -0.310. The van der Waals surface area contributed by atoms with Gasteiger partial charge in [0.05, 0.1) is 5.92 Å². The van der Waals surface area contributed by atoms with Crippen molar-refractivity contribution in [2.75, 3.05) is 13.2 Å². The molecule has 0 bridgehead atoms. The molecule has 1 amide bonds. The molecule has 3 unspecified atom stereocenters. The number of hydrogen-bond donors (Lipinski definition) is 3. The zero-order valence-electron chi connectivity index (χ0n) is 11.0. The molecule has 0 aliphatic rings. The van der Waals surface area contributed by atoms with E-state index in [9.17, 15) is 4.79 Å². The van der Waals surface area contributed by atoms with Crippen molar-refractivity contribution >= 4 is 5.91 Å². The van der Waals surface area contributed by atoms with Crippen LogP contribution in [0.15, 0.2) is 30.3 Å². The molecular formula is C14H22N2O2. The van der Waals surface area contributed by atoms with Gasteiger partial charge in [-0.15, -0.1) is 0 Å². The highest BCUT2D eigenvalue weighted by atomic mass is 16.3. The van der Waals surface area contributed by atoms with Gasteiger partial charge in [0.15, 0.2) is 0 Å². The smallest absolute Gasteiger partial charge is 0.224 e.